The average molecular weight is 274 g/mol. The van der Waals surface area contributed by atoms with Gasteiger partial charge in [-0.25, -0.2) is 0 Å². The minimum absolute atomic E-state index is 1.35. The smallest absolute Gasteiger partial charge is 0.0664 e. The van der Waals surface area contributed by atoms with Crippen LogP contribution in [-0.4, -0.2) is 3.25 Å². The van der Waals surface area contributed by atoms with Crippen LogP contribution in [0, 0.1) is 20.8 Å². The number of alkyl halides is 4. The molecule has 0 aromatic heterocycles. The first-order chi connectivity index (χ1) is 6.18. The Morgan fingerprint density at radius 3 is 1.00 bits per heavy atom. The zero-order valence-electron chi connectivity index (χ0n) is 8.24. The lowest BCUT2D eigenvalue weighted by Crippen LogP contribution is -1.81. The van der Waals surface area contributed by atoms with Crippen molar-refractivity contribution in [1.82, 2.24) is 0 Å². The topological polar surface area (TPSA) is 0 Å². The van der Waals surface area contributed by atoms with Crippen LogP contribution in [0.3, 0.4) is 0 Å². The van der Waals surface area contributed by atoms with E-state index in [-0.39, 0.29) is 0 Å². The van der Waals surface area contributed by atoms with Crippen LogP contribution >= 0.6 is 46.4 Å². The number of hydrogen-bond donors (Lipinski definition) is 0. The van der Waals surface area contributed by atoms with E-state index in [0.717, 1.165) is 0 Å². The second kappa shape index (κ2) is 6.07. The van der Waals surface area contributed by atoms with Crippen molar-refractivity contribution in [3.63, 3.8) is 0 Å². The molecule has 1 aromatic rings. The molecule has 0 saturated carbocycles. The highest BCUT2D eigenvalue weighted by Crippen LogP contribution is 2.29. The summed E-state index contributed by atoms with van der Waals surface area (Å²) in [5.74, 6) is 0. The van der Waals surface area contributed by atoms with Crippen molar-refractivity contribution in [2.24, 2.45) is 0 Å². The molecule has 0 saturated heterocycles. The van der Waals surface area contributed by atoms with E-state index in [9.17, 15) is 0 Å². The third kappa shape index (κ3) is 10.5. The van der Waals surface area contributed by atoms with Crippen LogP contribution in [0.2, 0.25) is 0 Å². The number of rotatable bonds is 0. The van der Waals surface area contributed by atoms with Crippen molar-refractivity contribution in [3.05, 3.63) is 34.9 Å². The normalized spacial score (nSPS) is 10.5. The van der Waals surface area contributed by atoms with E-state index in [1.165, 1.54) is 16.7 Å². The van der Waals surface area contributed by atoms with Gasteiger partial charge in [-0.2, -0.15) is 0 Å². The summed E-state index contributed by atoms with van der Waals surface area (Å²) in [4.78, 5) is 0. The van der Waals surface area contributed by atoms with E-state index < -0.39 is 3.25 Å². The van der Waals surface area contributed by atoms with Gasteiger partial charge in [0.25, 0.3) is 3.25 Å². The molecule has 4 heteroatoms. The summed E-state index contributed by atoms with van der Waals surface area (Å²) in [5.41, 5.74) is 4.06. The van der Waals surface area contributed by atoms with Crippen molar-refractivity contribution in [2.75, 3.05) is 0 Å². The Kier molecular flexibility index (Phi) is 6.24. The SMILES string of the molecule is Cc1cc(C)cc(C)c1.ClC(Cl)(Cl)Cl. The Hall–Kier alpha value is 0.380. The summed E-state index contributed by atoms with van der Waals surface area (Å²) in [6, 6.07) is 6.56. The van der Waals surface area contributed by atoms with Gasteiger partial charge in [-0.05, 0) is 20.8 Å². The molecule has 0 radical (unpaired) electrons. The van der Waals surface area contributed by atoms with Gasteiger partial charge in [0.1, 0.15) is 0 Å². The van der Waals surface area contributed by atoms with E-state index in [1.807, 2.05) is 0 Å². The van der Waals surface area contributed by atoms with Gasteiger partial charge < -0.3 is 0 Å². The Morgan fingerprint density at radius 1 is 0.714 bits per heavy atom. The van der Waals surface area contributed by atoms with Gasteiger partial charge in [0.05, 0.1) is 0 Å². The van der Waals surface area contributed by atoms with Crippen molar-refractivity contribution in [2.45, 2.75) is 24.0 Å². The Bertz CT molecular complexity index is 232. The molecule has 80 valence electrons. The van der Waals surface area contributed by atoms with Crippen molar-refractivity contribution >= 4 is 46.4 Å². The second-order valence-corrected chi connectivity index (χ2v) is 6.52. The molecule has 0 aliphatic rings. The maximum Gasteiger partial charge on any atom is 0.266 e. The zero-order chi connectivity index (χ0) is 11.4. The molecule has 0 fully saturated rings. The van der Waals surface area contributed by atoms with Gasteiger partial charge in [-0.1, -0.05) is 81.3 Å². The fourth-order valence-corrected chi connectivity index (χ4v) is 1.20. The summed E-state index contributed by atoms with van der Waals surface area (Å²) in [5, 5.41) is 0. The third-order valence-electron chi connectivity index (χ3n) is 1.37. The average Bonchev–Trinajstić information content (AvgIpc) is 1.77. The standard InChI is InChI=1S/C9H12.CCl4/c1-7-4-8(2)6-9(3)5-7;2-1(3,4)5/h4-6H,1-3H3;. The molecule has 0 spiro atoms. The van der Waals surface area contributed by atoms with E-state index >= 15 is 0 Å². The largest absolute Gasteiger partial charge is 0.266 e. The number of aryl methyl sites for hydroxylation is 3. The van der Waals surface area contributed by atoms with Gasteiger partial charge in [-0.15, -0.1) is 0 Å². The number of halogens is 4. The molecule has 0 aliphatic heterocycles. The Labute approximate surface area is 105 Å². The summed E-state index contributed by atoms with van der Waals surface area (Å²) in [6.45, 7) is 6.38. The van der Waals surface area contributed by atoms with Crippen LogP contribution in [0.25, 0.3) is 0 Å². The van der Waals surface area contributed by atoms with Crippen LogP contribution in [-0.2, 0) is 0 Å². The predicted octanol–water partition coefficient (Wildman–Crippen LogP) is 5.16. The van der Waals surface area contributed by atoms with Crippen LogP contribution in [0.5, 0.6) is 0 Å². The monoisotopic (exact) mass is 272 g/mol. The minimum atomic E-state index is -1.61. The van der Waals surface area contributed by atoms with Gasteiger partial charge in [0.2, 0.25) is 0 Å². The zero-order valence-corrected chi connectivity index (χ0v) is 11.3. The highest BCUT2D eigenvalue weighted by Gasteiger charge is 2.11. The fourth-order valence-electron chi connectivity index (χ4n) is 1.20. The van der Waals surface area contributed by atoms with Gasteiger partial charge in [0.15, 0.2) is 0 Å². The lowest BCUT2D eigenvalue weighted by atomic mass is 10.1. The van der Waals surface area contributed by atoms with E-state index in [1.54, 1.807) is 0 Å². The second-order valence-electron chi connectivity index (χ2n) is 3.09. The summed E-state index contributed by atoms with van der Waals surface area (Å²) in [6.07, 6.45) is 0. The van der Waals surface area contributed by atoms with Crippen LogP contribution in [0.15, 0.2) is 18.2 Å². The molecular formula is C10H12Cl4. The minimum Gasteiger partial charge on any atom is -0.0664 e. The molecule has 0 unspecified atom stereocenters. The summed E-state index contributed by atoms with van der Waals surface area (Å²) in [7, 11) is 0. The molecule has 14 heavy (non-hydrogen) atoms. The lowest BCUT2D eigenvalue weighted by Gasteiger charge is -1.96. The van der Waals surface area contributed by atoms with E-state index in [2.05, 4.69) is 39.0 Å². The fraction of sp³-hybridized carbons (Fsp3) is 0.400. The van der Waals surface area contributed by atoms with Crippen molar-refractivity contribution < 1.29 is 0 Å². The summed E-state index contributed by atoms with van der Waals surface area (Å²) >= 11 is 19.3. The highest BCUT2D eigenvalue weighted by atomic mass is 35.6. The number of hydrogen-bond acceptors (Lipinski definition) is 0. The van der Waals surface area contributed by atoms with Crippen molar-refractivity contribution in [3.8, 4) is 0 Å². The first-order valence-electron chi connectivity index (χ1n) is 3.99. The molecule has 1 aromatic carbocycles. The predicted molar refractivity (Wildman–Crippen MR) is 66.8 cm³/mol. The van der Waals surface area contributed by atoms with E-state index in [0.29, 0.717) is 0 Å². The Balaban J connectivity index is 0.000000292. The first kappa shape index (κ1) is 14.4. The molecule has 0 bridgehead atoms. The van der Waals surface area contributed by atoms with Gasteiger partial charge >= 0.3 is 0 Å². The molecular weight excluding hydrogens is 262 g/mol. The molecule has 0 aliphatic carbocycles. The van der Waals surface area contributed by atoms with Crippen LogP contribution in [0.1, 0.15) is 16.7 Å². The molecule has 0 atom stereocenters. The maximum atomic E-state index is 4.83. The van der Waals surface area contributed by atoms with Crippen molar-refractivity contribution in [1.29, 1.82) is 0 Å². The van der Waals surface area contributed by atoms with Gasteiger partial charge in [0, 0.05) is 0 Å². The molecule has 0 nitrogen and oxygen atoms in total. The molecule has 0 amide bonds. The first-order valence-corrected chi connectivity index (χ1v) is 5.50. The summed E-state index contributed by atoms with van der Waals surface area (Å²) < 4.78 is -1.61. The lowest BCUT2D eigenvalue weighted by molar-refractivity contribution is 1.32. The Morgan fingerprint density at radius 2 is 0.857 bits per heavy atom. The van der Waals surface area contributed by atoms with E-state index in [4.69, 9.17) is 46.4 Å². The maximum absolute atomic E-state index is 4.83. The van der Waals surface area contributed by atoms with Crippen LogP contribution in [0.4, 0.5) is 0 Å². The third-order valence-corrected chi connectivity index (χ3v) is 1.37. The molecule has 0 N–H and O–H groups in total. The molecule has 1 rings (SSSR count). The van der Waals surface area contributed by atoms with Gasteiger partial charge in [-0.3, -0.25) is 0 Å². The molecule has 0 heterocycles. The quantitative estimate of drug-likeness (QED) is 0.573. The number of benzene rings is 1. The van der Waals surface area contributed by atoms with Crippen LogP contribution < -0.4 is 0 Å². The highest BCUT2D eigenvalue weighted by molar-refractivity contribution is 6.83.